The van der Waals surface area contributed by atoms with Crippen molar-refractivity contribution in [3.63, 3.8) is 0 Å². The molecule has 2 aromatic heterocycles. The Kier molecular flexibility index (Phi) is 12.8. The molecule has 5 heterocycles. The van der Waals surface area contributed by atoms with E-state index in [-0.39, 0.29) is 36.5 Å². The number of hydrogen-bond acceptors (Lipinski definition) is 9. The third kappa shape index (κ3) is 9.15. The van der Waals surface area contributed by atoms with Gasteiger partial charge in [0.05, 0.1) is 56.2 Å². The predicted molar refractivity (Wildman–Crippen MR) is 231 cm³/mol. The van der Waals surface area contributed by atoms with Crippen molar-refractivity contribution >= 4 is 23.9 Å². The fourth-order valence-corrected chi connectivity index (χ4v) is 8.43. The van der Waals surface area contributed by atoms with E-state index in [1.807, 2.05) is 59.5 Å². The molecule has 3 aromatic carbocycles. The highest BCUT2D eigenvalue weighted by molar-refractivity contribution is 5.89. The summed E-state index contributed by atoms with van der Waals surface area (Å²) in [6.45, 7) is 1.98. The van der Waals surface area contributed by atoms with Gasteiger partial charge in [0.15, 0.2) is 0 Å². The molecule has 62 heavy (non-hydrogen) atoms. The molecule has 0 radical (unpaired) electrons. The van der Waals surface area contributed by atoms with Crippen LogP contribution in [0.4, 0.5) is 9.59 Å². The van der Waals surface area contributed by atoms with Crippen LogP contribution in [0.15, 0.2) is 85.2 Å². The van der Waals surface area contributed by atoms with Crippen LogP contribution >= 0.6 is 0 Å². The monoisotopic (exact) mass is 843 g/mol. The van der Waals surface area contributed by atoms with Crippen molar-refractivity contribution in [3.8, 4) is 39.4 Å². The van der Waals surface area contributed by atoms with Crippen LogP contribution in [0.1, 0.15) is 73.9 Å². The van der Waals surface area contributed by atoms with Gasteiger partial charge in [0, 0.05) is 39.4 Å². The second-order valence-corrected chi connectivity index (χ2v) is 16.0. The van der Waals surface area contributed by atoms with E-state index in [4.69, 9.17) is 24.2 Å². The Balaban J connectivity index is 0.997. The molecule has 16 nitrogen and oxygen atoms in total. The summed E-state index contributed by atoms with van der Waals surface area (Å²) in [5.41, 5.74) is 6.12. The van der Waals surface area contributed by atoms with E-state index in [9.17, 15) is 19.2 Å². The lowest BCUT2D eigenvalue weighted by Gasteiger charge is -2.29. The molecule has 5 aromatic rings. The highest BCUT2D eigenvalue weighted by Crippen LogP contribution is 2.38. The van der Waals surface area contributed by atoms with Gasteiger partial charge in [0.1, 0.15) is 29.5 Å². The second-order valence-electron chi connectivity index (χ2n) is 16.0. The maximum Gasteiger partial charge on any atom is 0.407 e. The summed E-state index contributed by atoms with van der Waals surface area (Å²) in [5, 5.41) is 5.56. The Hall–Kier alpha value is -6.68. The number of alkyl carbamates (subject to hydrolysis) is 1. The van der Waals surface area contributed by atoms with Gasteiger partial charge in [-0.25, -0.2) is 19.6 Å². The largest absolute Gasteiger partial charge is 0.493 e. The van der Waals surface area contributed by atoms with Crippen LogP contribution in [-0.4, -0.2) is 119 Å². The molecular weight excluding hydrogens is 791 g/mol. The highest BCUT2D eigenvalue weighted by Gasteiger charge is 2.38. The molecule has 5 amide bonds. The van der Waals surface area contributed by atoms with Crippen molar-refractivity contribution in [2.75, 3.05) is 54.1 Å². The number of aromatic nitrogens is 4. The van der Waals surface area contributed by atoms with Crippen LogP contribution in [0, 0.1) is 0 Å². The minimum absolute atomic E-state index is 0.0309. The number of likely N-dealkylation sites (tertiary alicyclic amines) is 1. The maximum atomic E-state index is 14.1. The van der Waals surface area contributed by atoms with E-state index in [2.05, 4.69) is 38.8 Å². The fraction of sp³-hybridized carbons (Fsp3) is 0.391. The van der Waals surface area contributed by atoms with Crippen molar-refractivity contribution in [1.29, 1.82) is 0 Å². The van der Waals surface area contributed by atoms with Gasteiger partial charge in [0.2, 0.25) is 11.8 Å². The van der Waals surface area contributed by atoms with Crippen LogP contribution in [0.5, 0.6) is 5.75 Å². The first-order valence-electron chi connectivity index (χ1n) is 21.2. The number of aromatic amines is 2. The SMILES string of the molecule is COC(=O)N[C@H]1COCCCCOc2cc(-c3ccc(-c4cnc([C@@H]5CCCN5C(=O)[C@H](NC(=O)N(C)C)c5ccccc5)[nH]4)cc3)ccc2-c2cnc([nH]2)[C@@H]2CCCN2C1=O. The molecule has 0 aliphatic carbocycles. The van der Waals surface area contributed by atoms with Crippen LogP contribution in [-0.2, 0) is 19.1 Å². The highest BCUT2D eigenvalue weighted by atomic mass is 16.5. The molecule has 0 saturated carbocycles. The zero-order chi connectivity index (χ0) is 43.2. The molecule has 0 unspecified atom stereocenters. The second kappa shape index (κ2) is 18.9. The van der Waals surface area contributed by atoms with Gasteiger partial charge < -0.3 is 49.5 Å². The van der Waals surface area contributed by atoms with E-state index in [1.54, 1.807) is 31.4 Å². The van der Waals surface area contributed by atoms with E-state index in [0.717, 1.165) is 64.9 Å². The number of H-pyrrole nitrogens is 2. The average molecular weight is 844 g/mol. The van der Waals surface area contributed by atoms with E-state index < -0.39 is 18.2 Å². The summed E-state index contributed by atoms with van der Waals surface area (Å²) in [6.07, 6.45) is 7.42. The fourth-order valence-electron chi connectivity index (χ4n) is 8.43. The van der Waals surface area contributed by atoms with Gasteiger partial charge >= 0.3 is 12.1 Å². The van der Waals surface area contributed by atoms with E-state index in [1.165, 1.54) is 12.0 Å². The number of fused-ring (bicyclic) bond motifs is 6. The summed E-state index contributed by atoms with van der Waals surface area (Å²) in [4.78, 5) is 74.1. The number of imidazole rings is 2. The van der Waals surface area contributed by atoms with Gasteiger partial charge in [-0.2, -0.15) is 0 Å². The summed E-state index contributed by atoms with van der Waals surface area (Å²) >= 11 is 0. The van der Waals surface area contributed by atoms with Crippen LogP contribution in [0.25, 0.3) is 33.6 Å². The van der Waals surface area contributed by atoms with Crippen molar-refractivity contribution in [2.24, 2.45) is 0 Å². The Morgan fingerprint density at radius 1 is 0.823 bits per heavy atom. The van der Waals surface area contributed by atoms with Crippen LogP contribution in [0.2, 0.25) is 0 Å². The van der Waals surface area contributed by atoms with Crippen molar-refractivity contribution < 1.29 is 33.4 Å². The molecule has 4 N–H and O–H groups in total. The number of urea groups is 1. The zero-order valence-electron chi connectivity index (χ0n) is 35.3. The molecule has 4 atom stereocenters. The molecule has 2 fully saturated rings. The summed E-state index contributed by atoms with van der Waals surface area (Å²) in [5.74, 6) is 1.68. The Morgan fingerprint density at radius 2 is 1.50 bits per heavy atom. The third-order valence-corrected chi connectivity index (χ3v) is 11.7. The normalized spacial score (nSPS) is 19.8. The number of ether oxygens (including phenoxy) is 3. The molecule has 3 aliphatic rings. The Morgan fingerprint density at radius 3 is 2.27 bits per heavy atom. The van der Waals surface area contributed by atoms with Crippen LogP contribution in [0.3, 0.4) is 0 Å². The number of carbonyl (C=O) groups excluding carboxylic acids is 4. The molecule has 16 heteroatoms. The lowest BCUT2D eigenvalue weighted by atomic mass is 10.00. The van der Waals surface area contributed by atoms with Crippen molar-refractivity contribution in [2.45, 2.75) is 62.7 Å². The van der Waals surface area contributed by atoms with E-state index >= 15 is 0 Å². The standard InChI is InChI=1S/C46H53N9O7/c1-53(2)45(58)52-40(31-11-5-4-6-12-31)44(57)55-22-10-14-38(55)41-47-26-34(49-41)30-17-15-29(16-18-30)32-19-20-33-35-27-48-42(50-35)37-13-9-21-54(37)43(56)36(51-46(59)60-3)28-61-23-7-8-24-62-39(33)25-32/h4-6,11-12,15-20,25-27,36-38,40H,7-10,13-14,21-24,28H2,1-3H3,(H,47,49)(H,48,50)(H,51,59)(H,52,58)/t36-,37-,38-,40+/m0/s1. The summed E-state index contributed by atoms with van der Waals surface area (Å²) in [6, 6.07) is 21.1. The van der Waals surface area contributed by atoms with Crippen LogP contribution < -0.4 is 15.4 Å². The zero-order valence-corrected chi connectivity index (χ0v) is 35.3. The number of benzene rings is 3. The molecule has 8 rings (SSSR count). The molecule has 3 aliphatic heterocycles. The maximum absolute atomic E-state index is 14.1. The van der Waals surface area contributed by atoms with E-state index in [0.29, 0.717) is 56.5 Å². The smallest absolute Gasteiger partial charge is 0.407 e. The van der Waals surface area contributed by atoms with Gasteiger partial charge in [0.25, 0.3) is 0 Å². The lowest BCUT2D eigenvalue weighted by Crippen LogP contribution is -2.50. The summed E-state index contributed by atoms with van der Waals surface area (Å²) < 4.78 is 17.1. The Bertz CT molecular complexity index is 2360. The molecule has 2 bridgehead atoms. The summed E-state index contributed by atoms with van der Waals surface area (Å²) in [7, 11) is 4.57. The van der Waals surface area contributed by atoms with Gasteiger partial charge in [-0.15, -0.1) is 0 Å². The van der Waals surface area contributed by atoms with Gasteiger partial charge in [-0.3, -0.25) is 9.59 Å². The first-order chi connectivity index (χ1) is 30.2. The number of nitrogens with one attached hydrogen (secondary N) is 4. The lowest BCUT2D eigenvalue weighted by molar-refractivity contribution is -0.136. The van der Waals surface area contributed by atoms with Gasteiger partial charge in [-0.05, 0) is 72.9 Å². The number of methoxy groups -OCH3 is 1. The van der Waals surface area contributed by atoms with Crippen molar-refractivity contribution in [1.82, 2.24) is 45.3 Å². The molecule has 0 spiro atoms. The number of rotatable bonds is 7. The first-order valence-corrected chi connectivity index (χ1v) is 21.2. The quantitative estimate of drug-likeness (QED) is 0.144. The minimum Gasteiger partial charge on any atom is -0.493 e. The number of carbonyl (C=O) groups is 4. The first kappa shape index (κ1) is 42.0. The number of amides is 5. The topological polar surface area (TPSA) is 187 Å². The number of hydrogen-bond donors (Lipinski definition) is 4. The third-order valence-electron chi connectivity index (χ3n) is 11.7. The molecule has 324 valence electrons. The molecular formula is C46H53N9O7. The van der Waals surface area contributed by atoms with Gasteiger partial charge in [-0.1, -0.05) is 60.7 Å². The van der Waals surface area contributed by atoms with Crippen molar-refractivity contribution in [3.05, 3.63) is 102 Å². The minimum atomic E-state index is -0.878. The number of nitrogens with zero attached hydrogens (tertiary/aromatic N) is 5. The average Bonchev–Trinajstić information content (AvgIpc) is 4.14. The predicted octanol–water partition coefficient (Wildman–Crippen LogP) is 6.39. The Labute approximate surface area is 360 Å². The molecule has 2 saturated heterocycles.